The summed E-state index contributed by atoms with van der Waals surface area (Å²) >= 11 is 11.3. The Bertz CT molecular complexity index is 840. The molecule has 7 nitrogen and oxygen atoms in total. The summed E-state index contributed by atoms with van der Waals surface area (Å²) < 4.78 is 26.9. The van der Waals surface area contributed by atoms with Crippen LogP contribution < -0.4 is 4.72 Å². The van der Waals surface area contributed by atoms with Crippen LogP contribution in [-0.2, 0) is 25.6 Å². The fourth-order valence-corrected chi connectivity index (χ4v) is 5.34. The summed E-state index contributed by atoms with van der Waals surface area (Å²) in [6.45, 7) is 10.5. The van der Waals surface area contributed by atoms with E-state index in [1.54, 1.807) is 18.7 Å². The van der Waals surface area contributed by atoms with Crippen molar-refractivity contribution in [3.63, 3.8) is 0 Å². The molecule has 2 aliphatic heterocycles. The number of ether oxygens (including phenoxy) is 2. The molecule has 0 aliphatic carbocycles. The molecule has 2 heterocycles. The van der Waals surface area contributed by atoms with Crippen molar-refractivity contribution in [2.75, 3.05) is 19.7 Å². The number of amides is 1. The average Bonchev–Trinajstić information content (AvgIpc) is 3.08. The summed E-state index contributed by atoms with van der Waals surface area (Å²) in [5.74, 6) is -0.851. The van der Waals surface area contributed by atoms with Gasteiger partial charge >= 0.3 is 0 Å². The number of nitrogens with one attached hydrogen (secondary N) is 1. The van der Waals surface area contributed by atoms with Gasteiger partial charge in [0.15, 0.2) is 11.9 Å². The van der Waals surface area contributed by atoms with Gasteiger partial charge in [0.05, 0.1) is 22.7 Å². The lowest BCUT2D eigenvalue weighted by molar-refractivity contribution is -0.161. The first kappa shape index (κ1) is 25.9. The molecule has 2 saturated heterocycles. The highest BCUT2D eigenvalue weighted by molar-refractivity contribution is 7.90. The number of phenols is 1. The van der Waals surface area contributed by atoms with E-state index in [0.717, 1.165) is 0 Å². The number of aromatic hydroxyl groups is 1. The minimum absolute atomic E-state index is 0.0000472. The Balaban J connectivity index is 1.77. The number of piperidine rings is 1. The van der Waals surface area contributed by atoms with Gasteiger partial charge in [-0.1, -0.05) is 23.2 Å². The molecule has 0 bridgehead atoms. The topological polar surface area (TPSA) is 94.1 Å². The highest BCUT2D eigenvalue weighted by atomic mass is 35.5. The number of carbonyl (C=O) groups excluding carboxylic acids is 1. The highest BCUT2D eigenvalue weighted by Crippen LogP contribution is 2.43. The standard InChI is InChI=1S/C22H32Cl2N2O5S/c1-21(2,3)32(29)25-19(17-15(27)7-6-14(23)18(17)24)13-8-10-26(11-9-13)20(28)16-12-30-22(4,5)31-16/h6-7,13,16,19,25,27H,8-12H2,1-5H3/t16-,19-,32+/m1/s1. The third-order valence-corrected chi connectivity index (χ3v) is 8.22. The molecule has 2 N–H and O–H groups in total. The first-order valence-corrected chi connectivity index (χ1v) is 12.7. The third kappa shape index (κ3) is 5.84. The van der Waals surface area contributed by atoms with E-state index < -0.39 is 34.0 Å². The number of likely N-dealkylation sites (tertiary alicyclic amines) is 1. The van der Waals surface area contributed by atoms with Gasteiger partial charge in [-0.2, -0.15) is 0 Å². The molecule has 3 rings (SSSR count). The van der Waals surface area contributed by atoms with Gasteiger partial charge < -0.3 is 24.0 Å². The van der Waals surface area contributed by atoms with Crippen LogP contribution in [0.3, 0.4) is 0 Å². The summed E-state index contributed by atoms with van der Waals surface area (Å²) in [5.41, 5.74) is 0.441. The number of hydrogen-bond acceptors (Lipinski definition) is 6. The van der Waals surface area contributed by atoms with E-state index in [4.69, 9.17) is 32.7 Å². The van der Waals surface area contributed by atoms with Crippen molar-refractivity contribution in [1.29, 1.82) is 0 Å². The van der Waals surface area contributed by atoms with Gasteiger partial charge in [-0.25, -0.2) is 0 Å². The zero-order chi connectivity index (χ0) is 23.8. The van der Waals surface area contributed by atoms with Gasteiger partial charge in [-0.3, -0.25) is 4.79 Å². The number of carbonyl (C=O) groups is 1. The Morgan fingerprint density at radius 2 is 1.94 bits per heavy atom. The van der Waals surface area contributed by atoms with E-state index in [2.05, 4.69) is 4.72 Å². The second kappa shape index (κ2) is 9.86. The molecular formula is C22H32Cl2N2O5S. The molecule has 1 aromatic carbocycles. The fraction of sp³-hybridized carbons (Fsp3) is 0.682. The molecule has 1 amide bonds. The maximum absolute atomic E-state index is 13.0. The van der Waals surface area contributed by atoms with Gasteiger partial charge in [-0.05, 0) is 65.5 Å². The minimum atomic E-state index is -1.40. The molecule has 180 valence electrons. The van der Waals surface area contributed by atoms with Crippen LogP contribution in [0.2, 0.25) is 10.0 Å². The molecule has 3 atom stereocenters. The number of nitrogens with zero attached hydrogens (tertiary/aromatic N) is 1. The fourth-order valence-electron chi connectivity index (χ4n) is 4.00. The Kier molecular flexibility index (Phi) is 7.97. The smallest absolute Gasteiger partial charge is 0.254 e. The average molecular weight is 507 g/mol. The van der Waals surface area contributed by atoms with Crippen molar-refractivity contribution >= 4 is 40.5 Å². The Hall–Kier alpha value is -0.740. The summed E-state index contributed by atoms with van der Waals surface area (Å²) in [5, 5.41) is 11.2. The van der Waals surface area contributed by atoms with E-state index >= 15 is 0 Å². The third-order valence-electron chi connectivity index (χ3n) is 5.82. The van der Waals surface area contributed by atoms with Gasteiger partial charge in [0, 0.05) is 30.0 Å². The molecular weight excluding hydrogens is 475 g/mol. The summed E-state index contributed by atoms with van der Waals surface area (Å²) in [7, 11) is 0. The van der Waals surface area contributed by atoms with Crippen molar-refractivity contribution in [2.24, 2.45) is 5.92 Å². The Morgan fingerprint density at radius 1 is 1.31 bits per heavy atom. The summed E-state index contributed by atoms with van der Waals surface area (Å²) in [6.07, 6.45) is 0.684. The van der Waals surface area contributed by atoms with E-state index in [1.165, 1.54) is 12.1 Å². The molecule has 1 aromatic rings. The van der Waals surface area contributed by atoms with Crippen LogP contribution in [0.25, 0.3) is 0 Å². The molecule has 0 spiro atoms. The first-order chi connectivity index (χ1) is 14.8. The van der Waals surface area contributed by atoms with E-state index in [1.807, 2.05) is 20.8 Å². The molecule has 2 fully saturated rings. The van der Waals surface area contributed by atoms with Crippen molar-refractivity contribution in [3.8, 4) is 5.75 Å². The lowest BCUT2D eigenvalue weighted by Crippen LogP contribution is -2.48. The largest absolute Gasteiger partial charge is 0.598 e. The molecule has 10 heteroatoms. The van der Waals surface area contributed by atoms with Gasteiger partial charge in [0.2, 0.25) is 0 Å². The zero-order valence-electron chi connectivity index (χ0n) is 19.1. The van der Waals surface area contributed by atoms with Gasteiger partial charge in [0.25, 0.3) is 5.91 Å². The maximum atomic E-state index is 13.0. The van der Waals surface area contributed by atoms with E-state index in [-0.39, 0.29) is 29.2 Å². The number of halogens is 2. The SMILES string of the molecule is CC1(C)OC[C@H](C(=O)N2CCC([C@@H](N[S@@+]([O-])C(C)(C)C)c3c(O)ccc(Cl)c3Cl)CC2)O1. The first-order valence-electron chi connectivity index (χ1n) is 10.8. The number of phenolic OH excluding ortho intramolecular Hbond substituents is 1. The highest BCUT2D eigenvalue weighted by Gasteiger charge is 2.42. The molecule has 2 aliphatic rings. The molecule has 0 saturated carbocycles. The number of hydrogen-bond donors (Lipinski definition) is 2. The van der Waals surface area contributed by atoms with E-state index in [0.29, 0.717) is 36.5 Å². The predicted octanol–water partition coefficient (Wildman–Crippen LogP) is 4.18. The van der Waals surface area contributed by atoms with Crippen molar-refractivity contribution in [3.05, 3.63) is 27.7 Å². The normalized spacial score (nSPS) is 23.9. The molecule has 32 heavy (non-hydrogen) atoms. The van der Waals surface area contributed by atoms with Crippen molar-refractivity contribution < 1.29 is 23.9 Å². The lowest BCUT2D eigenvalue weighted by Gasteiger charge is -2.38. The van der Waals surface area contributed by atoms with Crippen LogP contribution in [-0.4, -0.2) is 56.8 Å². The van der Waals surface area contributed by atoms with Gasteiger partial charge in [-0.15, -0.1) is 4.72 Å². The monoisotopic (exact) mass is 506 g/mol. The lowest BCUT2D eigenvalue weighted by atomic mass is 9.85. The molecule has 0 unspecified atom stereocenters. The molecule has 0 radical (unpaired) electrons. The van der Waals surface area contributed by atoms with Crippen LogP contribution in [0.4, 0.5) is 0 Å². The minimum Gasteiger partial charge on any atom is -0.598 e. The van der Waals surface area contributed by atoms with Crippen LogP contribution in [0, 0.1) is 5.92 Å². The van der Waals surface area contributed by atoms with Crippen LogP contribution >= 0.6 is 23.2 Å². The van der Waals surface area contributed by atoms with Crippen LogP contribution in [0.5, 0.6) is 5.75 Å². The van der Waals surface area contributed by atoms with Crippen LogP contribution in [0.1, 0.15) is 59.1 Å². The summed E-state index contributed by atoms with van der Waals surface area (Å²) in [6, 6.07) is 2.55. The van der Waals surface area contributed by atoms with Crippen molar-refractivity contribution in [2.45, 2.75) is 70.1 Å². The predicted molar refractivity (Wildman–Crippen MR) is 126 cm³/mol. The second-order valence-electron chi connectivity index (χ2n) is 9.75. The quantitative estimate of drug-likeness (QED) is 0.581. The Labute approximate surface area is 203 Å². The zero-order valence-corrected chi connectivity index (χ0v) is 21.4. The number of rotatable bonds is 5. The summed E-state index contributed by atoms with van der Waals surface area (Å²) in [4.78, 5) is 14.7. The van der Waals surface area contributed by atoms with E-state index in [9.17, 15) is 14.5 Å². The maximum Gasteiger partial charge on any atom is 0.254 e. The second-order valence-corrected chi connectivity index (χ2v) is 12.5. The Morgan fingerprint density at radius 3 is 2.47 bits per heavy atom. The molecule has 0 aromatic heterocycles. The van der Waals surface area contributed by atoms with Gasteiger partial charge in [0.1, 0.15) is 10.5 Å². The van der Waals surface area contributed by atoms with Crippen molar-refractivity contribution in [1.82, 2.24) is 9.62 Å². The van der Waals surface area contributed by atoms with Crippen LogP contribution in [0.15, 0.2) is 12.1 Å². The number of benzene rings is 1.